The Kier molecular flexibility index (Phi) is 3.03. The predicted octanol–water partition coefficient (Wildman–Crippen LogP) is 0.369. The minimum absolute atomic E-state index is 0.0458. The smallest absolute Gasteiger partial charge is 0.326 e. The number of carbonyl (C=O) groups excluding carboxylic acids is 2. The average Bonchev–Trinajstić information content (AvgIpc) is 2.94. The number of amides is 2. The van der Waals surface area contributed by atoms with Crippen LogP contribution in [0.5, 0.6) is 0 Å². The first kappa shape index (κ1) is 13.5. The highest BCUT2D eigenvalue weighted by Crippen LogP contribution is 2.53. The highest BCUT2D eigenvalue weighted by atomic mass is 79.9. The Labute approximate surface area is 125 Å². The SMILES string of the molecule is C[C@H](C(=O)O)N1C(=O)[C@@H]2[C@H]3O[C@@H]([C@H](Br)[C@H]3Br)[C@H]2C1=O. The van der Waals surface area contributed by atoms with Crippen LogP contribution in [-0.4, -0.2) is 55.7 Å². The van der Waals surface area contributed by atoms with Gasteiger partial charge in [0.2, 0.25) is 11.8 Å². The third-order valence-electron chi connectivity index (χ3n) is 4.13. The van der Waals surface area contributed by atoms with Crippen LogP contribution in [0.25, 0.3) is 0 Å². The van der Waals surface area contributed by atoms with Gasteiger partial charge >= 0.3 is 5.97 Å². The van der Waals surface area contributed by atoms with Gasteiger partial charge in [-0.1, -0.05) is 31.9 Å². The van der Waals surface area contributed by atoms with Crippen LogP contribution >= 0.6 is 31.9 Å². The van der Waals surface area contributed by atoms with Crippen molar-refractivity contribution in [2.45, 2.75) is 34.8 Å². The molecular formula is C11H11Br2NO5. The van der Waals surface area contributed by atoms with Crippen molar-refractivity contribution in [3.05, 3.63) is 0 Å². The Morgan fingerprint density at radius 2 is 1.63 bits per heavy atom. The van der Waals surface area contributed by atoms with E-state index in [-0.39, 0.29) is 21.9 Å². The molecule has 3 heterocycles. The molecule has 0 aromatic carbocycles. The minimum Gasteiger partial charge on any atom is -0.480 e. The number of likely N-dealkylation sites (tertiary alicyclic amines) is 1. The number of alkyl halides is 2. The molecule has 2 amide bonds. The Morgan fingerprint density at radius 1 is 1.21 bits per heavy atom. The number of carboxylic acid groups (broad SMARTS) is 1. The van der Waals surface area contributed by atoms with Gasteiger partial charge in [0.25, 0.3) is 0 Å². The first-order valence-corrected chi connectivity index (χ1v) is 7.72. The van der Waals surface area contributed by atoms with Crippen molar-refractivity contribution in [3.8, 4) is 0 Å². The van der Waals surface area contributed by atoms with Crippen molar-refractivity contribution in [1.29, 1.82) is 0 Å². The van der Waals surface area contributed by atoms with E-state index in [1.807, 2.05) is 0 Å². The molecule has 3 aliphatic heterocycles. The Hall–Kier alpha value is -0.470. The number of hydrogen-bond acceptors (Lipinski definition) is 4. The van der Waals surface area contributed by atoms with Crippen LogP contribution in [0, 0.1) is 11.8 Å². The fraction of sp³-hybridized carbons (Fsp3) is 0.727. The van der Waals surface area contributed by atoms with E-state index in [1.165, 1.54) is 6.92 Å². The molecule has 0 radical (unpaired) electrons. The molecule has 3 fully saturated rings. The molecule has 1 N–H and O–H groups in total. The highest BCUT2D eigenvalue weighted by molar-refractivity contribution is 9.12. The number of fused-ring (bicyclic) bond motifs is 5. The zero-order valence-electron chi connectivity index (χ0n) is 9.82. The number of carboxylic acids is 1. The fourth-order valence-corrected chi connectivity index (χ4v) is 4.69. The van der Waals surface area contributed by atoms with Gasteiger partial charge in [-0.25, -0.2) is 4.79 Å². The summed E-state index contributed by atoms with van der Waals surface area (Å²) in [5.74, 6) is -3.15. The highest BCUT2D eigenvalue weighted by Gasteiger charge is 2.68. The maximum atomic E-state index is 12.3. The number of nitrogens with zero attached hydrogens (tertiary/aromatic N) is 1. The second kappa shape index (κ2) is 4.26. The zero-order valence-corrected chi connectivity index (χ0v) is 13.0. The topological polar surface area (TPSA) is 83.9 Å². The second-order valence-corrected chi connectivity index (χ2v) is 7.18. The quantitative estimate of drug-likeness (QED) is 0.538. The van der Waals surface area contributed by atoms with E-state index >= 15 is 0 Å². The van der Waals surface area contributed by atoms with Crippen LogP contribution in [0.3, 0.4) is 0 Å². The van der Waals surface area contributed by atoms with Crippen LogP contribution < -0.4 is 0 Å². The number of aliphatic carboxylic acids is 1. The van der Waals surface area contributed by atoms with Crippen molar-refractivity contribution in [1.82, 2.24) is 4.90 Å². The summed E-state index contributed by atoms with van der Waals surface area (Å²) in [6, 6.07) is -1.13. The van der Waals surface area contributed by atoms with Crippen LogP contribution in [0.1, 0.15) is 6.92 Å². The predicted molar refractivity (Wildman–Crippen MR) is 70.0 cm³/mol. The van der Waals surface area contributed by atoms with Gasteiger partial charge in [-0.15, -0.1) is 0 Å². The van der Waals surface area contributed by atoms with Crippen molar-refractivity contribution < 1.29 is 24.2 Å². The molecule has 0 spiro atoms. The zero-order chi connectivity index (χ0) is 14.1. The van der Waals surface area contributed by atoms with Crippen LogP contribution in [0.2, 0.25) is 0 Å². The summed E-state index contributed by atoms with van der Waals surface area (Å²) in [6.07, 6.45) is -0.747. The van der Waals surface area contributed by atoms with Gasteiger partial charge in [-0.05, 0) is 6.92 Å². The molecule has 0 aromatic rings. The Morgan fingerprint density at radius 3 is 2.00 bits per heavy atom. The van der Waals surface area contributed by atoms with Gasteiger partial charge in [0.1, 0.15) is 6.04 Å². The van der Waals surface area contributed by atoms with Crippen LogP contribution in [-0.2, 0) is 19.1 Å². The minimum atomic E-state index is -1.18. The van der Waals surface area contributed by atoms with Gasteiger partial charge < -0.3 is 9.84 Å². The lowest BCUT2D eigenvalue weighted by Crippen LogP contribution is -2.45. The Balaban J connectivity index is 1.95. The molecule has 7 atom stereocenters. The maximum absolute atomic E-state index is 12.3. The average molecular weight is 397 g/mol. The van der Waals surface area contributed by atoms with Gasteiger partial charge in [-0.3, -0.25) is 14.5 Å². The molecule has 6 nitrogen and oxygen atoms in total. The summed E-state index contributed by atoms with van der Waals surface area (Å²) < 4.78 is 5.68. The lowest BCUT2D eigenvalue weighted by atomic mass is 9.81. The molecule has 104 valence electrons. The summed E-state index contributed by atoms with van der Waals surface area (Å²) in [5.41, 5.74) is 0. The van der Waals surface area contributed by atoms with E-state index in [1.54, 1.807) is 0 Å². The fourth-order valence-electron chi connectivity index (χ4n) is 3.18. The molecule has 2 bridgehead atoms. The van der Waals surface area contributed by atoms with Gasteiger partial charge in [0.15, 0.2) is 0 Å². The van der Waals surface area contributed by atoms with Gasteiger partial charge in [0, 0.05) is 0 Å². The van der Waals surface area contributed by atoms with E-state index in [4.69, 9.17) is 9.84 Å². The molecule has 3 aliphatic rings. The summed E-state index contributed by atoms with van der Waals surface area (Å²) >= 11 is 6.92. The number of rotatable bonds is 2. The molecule has 3 rings (SSSR count). The van der Waals surface area contributed by atoms with Crippen molar-refractivity contribution in [2.24, 2.45) is 11.8 Å². The monoisotopic (exact) mass is 395 g/mol. The largest absolute Gasteiger partial charge is 0.480 e. The number of halogens is 2. The molecule has 3 saturated heterocycles. The molecule has 0 aliphatic carbocycles. The number of ether oxygens (including phenoxy) is 1. The van der Waals surface area contributed by atoms with Crippen LogP contribution in [0.15, 0.2) is 0 Å². The first-order valence-electron chi connectivity index (χ1n) is 5.89. The van der Waals surface area contributed by atoms with E-state index in [2.05, 4.69) is 31.9 Å². The maximum Gasteiger partial charge on any atom is 0.326 e. The molecule has 0 aromatic heterocycles. The van der Waals surface area contributed by atoms with Crippen molar-refractivity contribution >= 4 is 49.6 Å². The van der Waals surface area contributed by atoms with Crippen molar-refractivity contribution in [2.75, 3.05) is 0 Å². The van der Waals surface area contributed by atoms with E-state index in [0.717, 1.165) is 4.90 Å². The standard InChI is InChI=1S/C11H11Br2NO5/c1-2(11(17)18)14-9(15)3-4(10(14)16)8-6(13)5(12)7(3)19-8/h2-8H,1H3,(H,17,18)/t2-,3+,4+,5-,6-,7-,8-/m1/s1. The molecule has 0 saturated carbocycles. The van der Waals surface area contributed by atoms with Crippen molar-refractivity contribution in [3.63, 3.8) is 0 Å². The summed E-state index contributed by atoms with van der Waals surface area (Å²) in [6.45, 7) is 1.35. The molecule has 8 heteroatoms. The third kappa shape index (κ3) is 1.59. The summed E-state index contributed by atoms with van der Waals surface area (Å²) in [4.78, 5) is 36.4. The normalized spacial score (nSPS) is 45.7. The molecular weight excluding hydrogens is 386 g/mol. The van der Waals surface area contributed by atoms with Gasteiger partial charge in [-0.2, -0.15) is 0 Å². The lowest BCUT2D eigenvalue weighted by Gasteiger charge is -2.24. The summed E-state index contributed by atoms with van der Waals surface area (Å²) in [7, 11) is 0. The third-order valence-corrected chi connectivity index (χ3v) is 7.02. The van der Waals surface area contributed by atoms with Crippen LogP contribution in [0.4, 0.5) is 0 Å². The first-order chi connectivity index (χ1) is 8.86. The van der Waals surface area contributed by atoms with E-state index in [9.17, 15) is 14.4 Å². The van der Waals surface area contributed by atoms with Gasteiger partial charge in [0.05, 0.1) is 33.7 Å². The Bertz CT molecular complexity index is 452. The lowest BCUT2D eigenvalue weighted by molar-refractivity contribution is -0.155. The number of carbonyl (C=O) groups is 3. The molecule has 0 unspecified atom stereocenters. The molecule has 19 heavy (non-hydrogen) atoms. The van der Waals surface area contributed by atoms with E-state index < -0.39 is 35.7 Å². The van der Waals surface area contributed by atoms with E-state index in [0.29, 0.717) is 0 Å². The summed E-state index contributed by atoms with van der Waals surface area (Å²) in [5, 5.41) is 9.00. The number of imide groups is 1. The second-order valence-electron chi connectivity index (χ2n) is 5.07. The number of hydrogen-bond donors (Lipinski definition) is 1.